The van der Waals surface area contributed by atoms with Crippen molar-refractivity contribution in [2.75, 3.05) is 13.6 Å². The molecule has 19 heavy (non-hydrogen) atoms. The van der Waals surface area contributed by atoms with E-state index in [0.717, 1.165) is 12.1 Å². The van der Waals surface area contributed by atoms with Gasteiger partial charge in [0, 0.05) is 6.07 Å². The summed E-state index contributed by atoms with van der Waals surface area (Å²) in [5, 5.41) is 13.7. The minimum Gasteiger partial charge on any atom is -0.319 e. The number of hydrogen-bond donors (Lipinski definition) is 1. The Bertz CT molecular complexity index is 484. The lowest BCUT2D eigenvalue weighted by Gasteiger charge is -2.07. The number of halogens is 3. The third kappa shape index (κ3) is 4.36. The van der Waals surface area contributed by atoms with Gasteiger partial charge < -0.3 is 5.32 Å². The number of nitrogens with zero attached hydrogens (tertiary/aromatic N) is 1. The molecule has 0 aliphatic heterocycles. The Morgan fingerprint density at radius 2 is 2.11 bits per heavy atom. The molecule has 0 saturated heterocycles. The fraction of sp³-hybridized carbons (Fsp3) is 0.333. The normalized spacial score (nSPS) is 12.0. The lowest BCUT2D eigenvalue weighted by atomic mass is 10.1. The van der Waals surface area contributed by atoms with Gasteiger partial charge in [-0.1, -0.05) is 12.2 Å². The summed E-state index contributed by atoms with van der Waals surface area (Å²) in [4.78, 5) is 9.97. The topological polar surface area (TPSA) is 55.2 Å². The zero-order valence-electron chi connectivity index (χ0n) is 10.2. The number of nitro groups is 1. The van der Waals surface area contributed by atoms with Crippen LogP contribution in [0.25, 0.3) is 6.08 Å². The number of nitro benzene ring substituents is 1. The van der Waals surface area contributed by atoms with Gasteiger partial charge in [-0.15, -0.1) is 0 Å². The second-order valence-electron chi connectivity index (χ2n) is 3.82. The molecule has 7 heteroatoms. The predicted molar refractivity (Wildman–Crippen MR) is 65.7 cm³/mol. The first kappa shape index (κ1) is 15.2. The van der Waals surface area contributed by atoms with Gasteiger partial charge in [-0.3, -0.25) is 10.1 Å². The third-order valence-corrected chi connectivity index (χ3v) is 2.41. The molecule has 1 aromatic carbocycles. The van der Waals surface area contributed by atoms with Crippen molar-refractivity contribution in [3.63, 3.8) is 0 Å². The molecule has 0 saturated carbocycles. The smallest absolute Gasteiger partial charge is 0.319 e. The maximum atomic E-state index is 12.5. The Hall–Kier alpha value is -1.89. The number of hydrogen-bond acceptors (Lipinski definition) is 3. The lowest BCUT2D eigenvalue weighted by Crippen LogP contribution is -2.06. The van der Waals surface area contributed by atoms with Crippen molar-refractivity contribution in [3.05, 3.63) is 45.5 Å². The highest BCUT2D eigenvalue weighted by Crippen LogP contribution is 2.33. The first-order chi connectivity index (χ1) is 8.86. The standard InChI is InChI=1S/C12H13F3N2O2/c1-16-7-3-2-4-9-5-6-10(12(13,14)15)8-11(9)17(18)19/h2,4-6,8,16H,3,7H2,1H3. The highest BCUT2D eigenvalue weighted by atomic mass is 19.4. The molecule has 1 aromatic rings. The second-order valence-corrected chi connectivity index (χ2v) is 3.82. The van der Waals surface area contributed by atoms with Crippen LogP contribution in [0.3, 0.4) is 0 Å². The average Bonchev–Trinajstić information content (AvgIpc) is 2.33. The van der Waals surface area contributed by atoms with E-state index in [-0.39, 0.29) is 5.56 Å². The molecule has 0 amide bonds. The van der Waals surface area contributed by atoms with E-state index in [0.29, 0.717) is 19.0 Å². The van der Waals surface area contributed by atoms with Gasteiger partial charge in [0.15, 0.2) is 0 Å². The van der Waals surface area contributed by atoms with Gasteiger partial charge in [-0.25, -0.2) is 0 Å². The van der Waals surface area contributed by atoms with Crippen molar-refractivity contribution in [2.24, 2.45) is 0 Å². The van der Waals surface area contributed by atoms with Crippen LogP contribution >= 0.6 is 0 Å². The summed E-state index contributed by atoms with van der Waals surface area (Å²) >= 11 is 0. The Balaban J connectivity index is 3.05. The van der Waals surface area contributed by atoms with Crippen LogP contribution in [0, 0.1) is 10.1 Å². The molecule has 0 fully saturated rings. The van der Waals surface area contributed by atoms with Crippen LogP contribution in [0.4, 0.5) is 18.9 Å². The summed E-state index contributed by atoms with van der Waals surface area (Å²) < 4.78 is 37.4. The summed E-state index contributed by atoms with van der Waals surface area (Å²) in [6.45, 7) is 0.685. The monoisotopic (exact) mass is 274 g/mol. The molecule has 104 valence electrons. The van der Waals surface area contributed by atoms with Crippen LogP contribution < -0.4 is 5.32 Å². The van der Waals surface area contributed by atoms with Gasteiger partial charge in [0.1, 0.15) is 0 Å². The zero-order valence-corrected chi connectivity index (χ0v) is 10.2. The van der Waals surface area contributed by atoms with E-state index in [2.05, 4.69) is 5.32 Å². The molecule has 0 spiro atoms. The number of alkyl halides is 3. The van der Waals surface area contributed by atoms with E-state index < -0.39 is 22.4 Å². The van der Waals surface area contributed by atoms with E-state index in [4.69, 9.17) is 0 Å². The summed E-state index contributed by atoms with van der Waals surface area (Å²) in [6, 6.07) is 2.50. The highest BCUT2D eigenvalue weighted by Gasteiger charge is 2.32. The first-order valence-corrected chi connectivity index (χ1v) is 5.53. The molecule has 0 bridgehead atoms. The van der Waals surface area contributed by atoms with Crippen molar-refractivity contribution in [1.82, 2.24) is 5.32 Å². The van der Waals surface area contributed by atoms with Gasteiger partial charge in [0.2, 0.25) is 0 Å². The van der Waals surface area contributed by atoms with Gasteiger partial charge in [-0.05, 0) is 32.1 Å². The van der Waals surface area contributed by atoms with Crippen LogP contribution in [-0.2, 0) is 6.18 Å². The average molecular weight is 274 g/mol. The van der Waals surface area contributed by atoms with Gasteiger partial charge in [0.05, 0.1) is 16.1 Å². The molecular weight excluding hydrogens is 261 g/mol. The molecule has 0 aliphatic rings. The molecule has 0 radical (unpaired) electrons. The Labute approximate surface area is 108 Å². The van der Waals surface area contributed by atoms with Crippen molar-refractivity contribution < 1.29 is 18.1 Å². The molecule has 0 heterocycles. The molecule has 0 atom stereocenters. The van der Waals surface area contributed by atoms with E-state index in [9.17, 15) is 23.3 Å². The zero-order chi connectivity index (χ0) is 14.5. The molecule has 1 rings (SSSR count). The van der Waals surface area contributed by atoms with Gasteiger partial charge in [-0.2, -0.15) is 13.2 Å². The minimum atomic E-state index is -4.58. The molecule has 0 unspecified atom stereocenters. The predicted octanol–water partition coefficient (Wildman–Crippen LogP) is 3.24. The van der Waals surface area contributed by atoms with Crippen molar-refractivity contribution in [1.29, 1.82) is 0 Å². The largest absolute Gasteiger partial charge is 0.416 e. The molecular formula is C12H13F3N2O2. The Kier molecular flexibility index (Phi) is 5.05. The summed E-state index contributed by atoms with van der Waals surface area (Å²) in [5.41, 5.74) is -1.41. The SMILES string of the molecule is CNCCC=Cc1ccc(C(F)(F)F)cc1[N+](=O)[O-]. The summed E-state index contributed by atoms with van der Waals surface area (Å²) in [6.07, 6.45) is -0.824. The van der Waals surface area contributed by atoms with Crippen LogP contribution in [0.5, 0.6) is 0 Å². The van der Waals surface area contributed by atoms with Crippen molar-refractivity contribution in [2.45, 2.75) is 12.6 Å². The lowest BCUT2D eigenvalue weighted by molar-refractivity contribution is -0.385. The Morgan fingerprint density at radius 3 is 2.63 bits per heavy atom. The minimum absolute atomic E-state index is 0.161. The Morgan fingerprint density at radius 1 is 1.42 bits per heavy atom. The molecule has 4 nitrogen and oxygen atoms in total. The summed E-state index contributed by atoms with van der Waals surface area (Å²) in [5.74, 6) is 0. The highest BCUT2D eigenvalue weighted by molar-refractivity contribution is 5.62. The molecule has 0 aliphatic carbocycles. The van der Waals surface area contributed by atoms with Crippen LogP contribution in [0.1, 0.15) is 17.5 Å². The quantitative estimate of drug-likeness (QED) is 0.509. The summed E-state index contributed by atoms with van der Waals surface area (Å²) in [7, 11) is 1.76. The van der Waals surface area contributed by atoms with Crippen molar-refractivity contribution >= 4 is 11.8 Å². The number of nitrogens with one attached hydrogen (secondary N) is 1. The fourth-order valence-corrected chi connectivity index (χ4v) is 1.46. The second kappa shape index (κ2) is 6.33. The maximum Gasteiger partial charge on any atom is 0.416 e. The van der Waals surface area contributed by atoms with Gasteiger partial charge in [0.25, 0.3) is 5.69 Å². The van der Waals surface area contributed by atoms with E-state index in [1.807, 2.05) is 0 Å². The third-order valence-electron chi connectivity index (χ3n) is 2.41. The van der Waals surface area contributed by atoms with Crippen molar-refractivity contribution in [3.8, 4) is 0 Å². The van der Waals surface area contributed by atoms with Crippen LogP contribution in [0.15, 0.2) is 24.3 Å². The van der Waals surface area contributed by atoms with E-state index >= 15 is 0 Å². The van der Waals surface area contributed by atoms with Gasteiger partial charge >= 0.3 is 6.18 Å². The van der Waals surface area contributed by atoms with E-state index in [1.165, 1.54) is 6.08 Å². The molecule has 1 N–H and O–H groups in total. The van der Waals surface area contributed by atoms with E-state index in [1.54, 1.807) is 13.1 Å². The van der Waals surface area contributed by atoms with Crippen LogP contribution in [0.2, 0.25) is 0 Å². The first-order valence-electron chi connectivity index (χ1n) is 5.53. The molecule has 0 aromatic heterocycles. The fourth-order valence-electron chi connectivity index (χ4n) is 1.46. The number of benzene rings is 1. The number of rotatable bonds is 5. The van der Waals surface area contributed by atoms with Crippen LogP contribution in [-0.4, -0.2) is 18.5 Å². The maximum absolute atomic E-state index is 12.5.